The monoisotopic (exact) mass is 281 g/mol. The van der Waals surface area contributed by atoms with Gasteiger partial charge in [0.05, 0.1) is 6.42 Å². The van der Waals surface area contributed by atoms with E-state index in [-0.39, 0.29) is 0 Å². The van der Waals surface area contributed by atoms with Crippen molar-refractivity contribution in [3.8, 4) is 0 Å². The van der Waals surface area contributed by atoms with Gasteiger partial charge < -0.3 is 5.73 Å². The molecule has 0 saturated heterocycles. The fourth-order valence-corrected chi connectivity index (χ4v) is 1.60. The van der Waals surface area contributed by atoms with Crippen LogP contribution in [0.5, 0.6) is 0 Å². The average Bonchev–Trinajstić information content (AvgIpc) is 2.06. The van der Waals surface area contributed by atoms with Gasteiger partial charge in [-0.15, -0.1) is 0 Å². The molecule has 15 heavy (non-hydrogen) atoms. The molecule has 0 unspecified atom stereocenters. The molecule has 0 spiro atoms. The molecule has 0 saturated carbocycles. The zero-order chi connectivity index (χ0) is 11.6. The van der Waals surface area contributed by atoms with E-state index in [0.717, 1.165) is 10.0 Å². The van der Waals surface area contributed by atoms with Crippen LogP contribution in [0.25, 0.3) is 0 Å². The van der Waals surface area contributed by atoms with E-state index in [4.69, 9.17) is 5.73 Å². The third-order valence-corrected chi connectivity index (χ3v) is 2.93. The van der Waals surface area contributed by atoms with Crippen LogP contribution in [0.3, 0.4) is 0 Å². The standard InChI is InChI=1S/C10H11BrF3N/c1-6-2-3-7(4-8(6)11)9(15)5-10(12,13)14/h2-4,9H,5,15H2,1H3/t9-/m1/s1. The van der Waals surface area contributed by atoms with Gasteiger partial charge in [0.15, 0.2) is 0 Å². The van der Waals surface area contributed by atoms with Crippen molar-refractivity contribution in [2.75, 3.05) is 0 Å². The summed E-state index contributed by atoms with van der Waals surface area (Å²) < 4.78 is 37.0. The Morgan fingerprint density at radius 3 is 2.47 bits per heavy atom. The Balaban J connectivity index is 2.83. The minimum Gasteiger partial charge on any atom is -0.324 e. The fourth-order valence-electron chi connectivity index (χ4n) is 1.21. The van der Waals surface area contributed by atoms with Crippen LogP contribution in [-0.4, -0.2) is 6.18 Å². The normalized spacial score (nSPS) is 14.0. The van der Waals surface area contributed by atoms with Gasteiger partial charge in [-0.2, -0.15) is 13.2 Å². The largest absolute Gasteiger partial charge is 0.390 e. The third kappa shape index (κ3) is 3.83. The lowest BCUT2D eigenvalue weighted by Gasteiger charge is -2.15. The van der Waals surface area contributed by atoms with Gasteiger partial charge in [-0.05, 0) is 24.1 Å². The summed E-state index contributed by atoms with van der Waals surface area (Å²) in [4.78, 5) is 0. The van der Waals surface area contributed by atoms with Crippen LogP contribution in [0.15, 0.2) is 22.7 Å². The molecule has 1 atom stereocenters. The fraction of sp³-hybridized carbons (Fsp3) is 0.400. The summed E-state index contributed by atoms with van der Waals surface area (Å²) in [5.74, 6) is 0. The molecule has 5 heteroatoms. The SMILES string of the molecule is Cc1ccc([C@H](N)CC(F)(F)F)cc1Br. The van der Waals surface area contributed by atoms with Gasteiger partial charge in [-0.3, -0.25) is 0 Å². The van der Waals surface area contributed by atoms with Crippen molar-refractivity contribution < 1.29 is 13.2 Å². The third-order valence-electron chi connectivity index (χ3n) is 2.08. The predicted molar refractivity (Wildman–Crippen MR) is 56.5 cm³/mol. The van der Waals surface area contributed by atoms with Crippen molar-refractivity contribution in [2.45, 2.75) is 25.6 Å². The van der Waals surface area contributed by atoms with E-state index in [1.807, 2.05) is 6.92 Å². The average molecular weight is 282 g/mol. The molecular weight excluding hydrogens is 271 g/mol. The molecule has 0 aromatic heterocycles. The molecule has 84 valence electrons. The van der Waals surface area contributed by atoms with E-state index in [1.165, 1.54) is 0 Å². The van der Waals surface area contributed by atoms with Gasteiger partial charge in [-0.25, -0.2) is 0 Å². The molecule has 0 amide bonds. The van der Waals surface area contributed by atoms with Gasteiger partial charge in [0.2, 0.25) is 0 Å². The topological polar surface area (TPSA) is 26.0 Å². The minimum atomic E-state index is -4.23. The van der Waals surface area contributed by atoms with E-state index in [2.05, 4.69) is 15.9 Å². The van der Waals surface area contributed by atoms with Crippen LogP contribution in [0.1, 0.15) is 23.6 Å². The Kier molecular flexibility index (Phi) is 3.78. The summed E-state index contributed by atoms with van der Waals surface area (Å²) in [6, 6.07) is 4.00. The van der Waals surface area contributed by atoms with Gasteiger partial charge in [-0.1, -0.05) is 28.1 Å². The van der Waals surface area contributed by atoms with Crippen LogP contribution in [0.4, 0.5) is 13.2 Å². The Labute approximate surface area is 94.6 Å². The Morgan fingerprint density at radius 1 is 1.40 bits per heavy atom. The number of nitrogens with two attached hydrogens (primary N) is 1. The zero-order valence-corrected chi connectivity index (χ0v) is 9.69. The minimum absolute atomic E-state index is 0.491. The van der Waals surface area contributed by atoms with E-state index in [0.29, 0.717) is 5.56 Å². The molecule has 0 heterocycles. The predicted octanol–water partition coefficient (Wildman–Crippen LogP) is 3.71. The second kappa shape index (κ2) is 4.53. The highest BCUT2D eigenvalue weighted by atomic mass is 79.9. The number of benzene rings is 1. The van der Waals surface area contributed by atoms with Crippen molar-refractivity contribution in [3.05, 3.63) is 33.8 Å². The van der Waals surface area contributed by atoms with Gasteiger partial charge in [0.1, 0.15) is 0 Å². The van der Waals surface area contributed by atoms with Crippen LogP contribution >= 0.6 is 15.9 Å². The molecule has 0 fully saturated rings. The van der Waals surface area contributed by atoms with E-state index in [9.17, 15) is 13.2 Å². The van der Waals surface area contributed by atoms with Gasteiger partial charge in [0.25, 0.3) is 0 Å². The maximum Gasteiger partial charge on any atom is 0.390 e. The van der Waals surface area contributed by atoms with Crippen molar-refractivity contribution in [1.29, 1.82) is 0 Å². The van der Waals surface area contributed by atoms with E-state index < -0.39 is 18.6 Å². The summed E-state index contributed by atoms with van der Waals surface area (Å²) in [6.07, 6.45) is -5.22. The summed E-state index contributed by atoms with van der Waals surface area (Å²) >= 11 is 3.26. The molecule has 2 N–H and O–H groups in total. The van der Waals surface area contributed by atoms with Gasteiger partial charge >= 0.3 is 6.18 Å². The molecule has 1 aromatic carbocycles. The maximum absolute atomic E-state index is 12.1. The second-order valence-corrected chi connectivity index (χ2v) is 4.29. The summed E-state index contributed by atoms with van der Waals surface area (Å²) in [5, 5.41) is 0. The Bertz CT molecular complexity index is 349. The first-order valence-corrected chi connectivity index (χ1v) is 5.17. The molecule has 0 aliphatic heterocycles. The molecule has 1 nitrogen and oxygen atoms in total. The lowest BCUT2D eigenvalue weighted by Crippen LogP contribution is -2.20. The van der Waals surface area contributed by atoms with Crippen LogP contribution in [0.2, 0.25) is 0 Å². The molecule has 0 radical (unpaired) electrons. The molecular formula is C10H11BrF3N. The maximum atomic E-state index is 12.1. The number of hydrogen-bond acceptors (Lipinski definition) is 1. The molecule has 1 aromatic rings. The highest BCUT2D eigenvalue weighted by Crippen LogP contribution is 2.29. The zero-order valence-electron chi connectivity index (χ0n) is 8.11. The van der Waals surface area contributed by atoms with Crippen LogP contribution in [0, 0.1) is 6.92 Å². The summed E-state index contributed by atoms with van der Waals surface area (Å²) in [5.41, 5.74) is 6.92. The van der Waals surface area contributed by atoms with Gasteiger partial charge in [0, 0.05) is 10.5 Å². The molecule has 1 rings (SSSR count). The van der Waals surface area contributed by atoms with Crippen molar-refractivity contribution in [3.63, 3.8) is 0 Å². The smallest absolute Gasteiger partial charge is 0.324 e. The molecule has 0 bridgehead atoms. The van der Waals surface area contributed by atoms with Crippen molar-refractivity contribution in [2.24, 2.45) is 5.73 Å². The van der Waals surface area contributed by atoms with Crippen LogP contribution < -0.4 is 5.73 Å². The van der Waals surface area contributed by atoms with Crippen molar-refractivity contribution >= 4 is 15.9 Å². The summed E-state index contributed by atoms with van der Waals surface area (Å²) in [6.45, 7) is 1.86. The molecule has 0 aliphatic rings. The summed E-state index contributed by atoms with van der Waals surface area (Å²) in [7, 11) is 0. The highest BCUT2D eigenvalue weighted by Gasteiger charge is 2.30. The first-order chi connectivity index (χ1) is 6.79. The van der Waals surface area contributed by atoms with E-state index >= 15 is 0 Å². The number of hydrogen-bond donors (Lipinski definition) is 1. The highest BCUT2D eigenvalue weighted by molar-refractivity contribution is 9.10. The Morgan fingerprint density at radius 2 is 2.00 bits per heavy atom. The first-order valence-electron chi connectivity index (χ1n) is 4.38. The Hall–Kier alpha value is -0.550. The number of rotatable bonds is 2. The first kappa shape index (κ1) is 12.5. The number of alkyl halides is 3. The quantitative estimate of drug-likeness (QED) is 0.879. The number of aryl methyl sites for hydroxylation is 1. The van der Waals surface area contributed by atoms with E-state index in [1.54, 1.807) is 18.2 Å². The second-order valence-electron chi connectivity index (χ2n) is 3.43. The lowest BCUT2D eigenvalue weighted by atomic mass is 10.0. The lowest BCUT2D eigenvalue weighted by molar-refractivity contribution is -0.138. The molecule has 0 aliphatic carbocycles. The number of halogens is 4. The van der Waals surface area contributed by atoms with Crippen molar-refractivity contribution in [1.82, 2.24) is 0 Å². The van der Waals surface area contributed by atoms with Crippen LogP contribution in [-0.2, 0) is 0 Å².